The maximum atomic E-state index is 14.3. The lowest BCUT2D eigenvalue weighted by Gasteiger charge is -2.23. The van der Waals surface area contributed by atoms with Gasteiger partial charge in [0.2, 0.25) is 6.04 Å². The van der Waals surface area contributed by atoms with E-state index in [0.29, 0.717) is 48.4 Å². The molecule has 12 nitrogen and oxygen atoms in total. The molecule has 267 valence electrons. The Balaban J connectivity index is 1.49. The molecule has 1 radical (unpaired) electrons. The number of alkyl carbamates (subject to hydrolysis) is 1. The van der Waals surface area contributed by atoms with Crippen molar-refractivity contribution in [2.45, 2.75) is 108 Å². The van der Waals surface area contributed by atoms with Crippen LogP contribution in [-0.2, 0) is 19.1 Å². The molecule has 4 atom stereocenters. The zero-order chi connectivity index (χ0) is 35.8. The molecule has 0 saturated carbocycles. The molecule has 0 aliphatic carbocycles. The minimum atomic E-state index is -1.12. The Labute approximate surface area is 292 Å². The number of carboxylic acid groups (broad SMARTS) is 1. The van der Waals surface area contributed by atoms with Gasteiger partial charge < -0.3 is 30.0 Å². The first-order chi connectivity index (χ1) is 23.9. The van der Waals surface area contributed by atoms with Crippen molar-refractivity contribution < 1.29 is 38.5 Å². The summed E-state index contributed by atoms with van der Waals surface area (Å²) >= 11 is 0. The second kappa shape index (κ2) is 16.3. The predicted octanol–water partition coefficient (Wildman–Crippen LogP) is 5.69. The summed E-state index contributed by atoms with van der Waals surface area (Å²) in [5.41, 5.74) is 1.43. The topological polar surface area (TPSA) is 159 Å². The Morgan fingerprint density at radius 3 is 2.34 bits per heavy atom. The van der Waals surface area contributed by atoms with Crippen LogP contribution in [0.25, 0.3) is 22.2 Å². The standard InChI is InChI=1S/C38H48N4O8/c1-38(2,3)50-37(47)41-28-16-12-7-5-6-8-13-17-29(36(45)46)40-34(43)32-21-26(23-42(32)35(28)44)49-33-22-30(24-14-10-9-11-15-24)39-31-20-25(48-4)18-19-27(31)33/h9-11,14-15,18-20,22,26,28-29,32H,5-8,12-13,16-17,21,23H2,1-4H3,(H,40,43)(H,41,47)(H,45,46)/q+1/t26-,28+,29-,32?/m1/s1. The third-order valence-corrected chi connectivity index (χ3v) is 9.03. The Bertz CT molecular complexity index is 1670. The smallest absolute Gasteiger partial charge is 0.408 e. The summed E-state index contributed by atoms with van der Waals surface area (Å²) in [6.07, 6.45) is 4.26. The maximum Gasteiger partial charge on any atom is 0.408 e. The van der Waals surface area contributed by atoms with Crippen LogP contribution in [0.1, 0.15) is 78.6 Å². The molecule has 3 amide bonds. The van der Waals surface area contributed by atoms with E-state index in [0.717, 1.165) is 36.6 Å². The van der Waals surface area contributed by atoms with Crippen LogP contribution >= 0.6 is 0 Å². The van der Waals surface area contributed by atoms with E-state index in [-0.39, 0.29) is 13.0 Å². The van der Waals surface area contributed by atoms with Crippen LogP contribution in [0.4, 0.5) is 4.79 Å². The second-order valence-corrected chi connectivity index (χ2v) is 14.0. The number of aromatic nitrogens is 1. The third-order valence-electron chi connectivity index (χ3n) is 9.03. The van der Waals surface area contributed by atoms with Crippen molar-refractivity contribution >= 4 is 34.8 Å². The highest BCUT2D eigenvalue weighted by Gasteiger charge is 2.53. The molecule has 2 aromatic carbocycles. The normalized spacial score (nSPS) is 22.8. The van der Waals surface area contributed by atoms with E-state index in [1.165, 1.54) is 4.90 Å². The quantitative estimate of drug-likeness (QED) is 0.277. The molecule has 2 aliphatic heterocycles. The summed E-state index contributed by atoms with van der Waals surface area (Å²) in [4.78, 5) is 59.6. The summed E-state index contributed by atoms with van der Waals surface area (Å²) in [5.74, 6) is -0.992. The first-order valence-electron chi connectivity index (χ1n) is 17.5. The molecular weight excluding hydrogens is 640 g/mol. The third kappa shape index (κ3) is 9.50. The highest BCUT2D eigenvalue weighted by atomic mass is 16.6. The van der Waals surface area contributed by atoms with Crippen molar-refractivity contribution in [1.82, 2.24) is 20.5 Å². The summed E-state index contributed by atoms with van der Waals surface area (Å²) < 4.78 is 17.6. The predicted molar refractivity (Wildman–Crippen MR) is 188 cm³/mol. The van der Waals surface area contributed by atoms with Gasteiger partial charge in [-0.25, -0.2) is 19.4 Å². The van der Waals surface area contributed by atoms with Gasteiger partial charge in [-0.05, 0) is 45.7 Å². The van der Waals surface area contributed by atoms with Crippen molar-refractivity contribution in [3.8, 4) is 22.8 Å². The molecular formula is C38H48N4O8+. The number of ether oxygens (including phenoxy) is 3. The Hall–Kier alpha value is -4.71. The van der Waals surface area contributed by atoms with Crippen LogP contribution < -0.4 is 25.0 Å². The van der Waals surface area contributed by atoms with E-state index in [4.69, 9.17) is 19.2 Å². The summed E-state index contributed by atoms with van der Waals surface area (Å²) in [6, 6.07) is 13.9. The van der Waals surface area contributed by atoms with Gasteiger partial charge >= 0.3 is 18.0 Å². The highest BCUT2D eigenvalue weighted by molar-refractivity contribution is 5.95. The van der Waals surface area contributed by atoms with Gasteiger partial charge in [0.25, 0.3) is 5.91 Å². The van der Waals surface area contributed by atoms with Crippen LogP contribution in [0, 0.1) is 0 Å². The van der Waals surface area contributed by atoms with Crippen LogP contribution in [0.3, 0.4) is 0 Å². The van der Waals surface area contributed by atoms with Crippen LogP contribution in [0.5, 0.6) is 11.5 Å². The van der Waals surface area contributed by atoms with E-state index in [1.807, 2.05) is 54.6 Å². The fraction of sp³-hybridized carbons (Fsp3) is 0.500. The van der Waals surface area contributed by atoms with Crippen LogP contribution in [0.15, 0.2) is 54.6 Å². The van der Waals surface area contributed by atoms with Crippen molar-refractivity contribution in [2.24, 2.45) is 0 Å². The monoisotopic (exact) mass is 688 g/mol. The molecule has 2 aliphatic rings. The van der Waals surface area contributed by atoms with E-state index in [9.17, 15) is 24.3 Å². The van der Waals surface area contributed by atoms with Gasteiger partial charge in [0.1, 0.15) is 23.1 Å². The van der Waals surface area contributed by atoms with Gasteiger partial charge in [0.05, 0.1) is 24.7 Å². The SMILES string of the molecule is COc1ccc2c(O[C@@H]3CC4C(=O)N[C@@H](C(=O)O)CCCCCCCC[C@H](NC(=O)OC(C)(C)C)C(=O)[N+]4C3)cc(-c3ccccc3)nc2c1. The number of carbonyl (C=O) groups is 4. The largest absolute Gasteiger partial charge is 0.497 e. The lowest BCUT2D eigenvalue weighted by molar-refractivity contribution is -0.143. The lowest BCUT2D eigenvalue weighted by atomic mass is 10.0. The molecule has 0 bridgehead atoms. The molecule has 2 fully saturated rings. The van der Waals surface area contributed by atoms with E-state index in [2.05, 4.69) is 10.6 Å². The zero-order valence-electron chi connectivity index (χ0n) is 29.3. The minimum Gasteiger partial charge on any atom is -0.497 e. The minimum absolute atomic E-state index is 0.0435. The van der Waals surface area contributed by atoms with E-state index in [1.54, 1.807) is 27.9 Å². The number of amides is 3. The van der Waals surface area contributed by atoms with Gasteiger partial charge in [-0.3, -0.25) is 4.79 Å². The number of pyridine rings is 1. The number of carboxylic acids is 1. The molecule has 50 heavy (non-hydrogen) atoms. The highest BCUT2D eigenvalue weighted by Crippen LogP contribution is 2.34. The average Bonchev–Trinajstić information content (AvgIpc) is 3.50. The summed E-state index contributed by atoms with van der Waals surface area (Å²) in [7, 11) is 1.58. The van der Waals surface area contributed by atoms with E-state index < -0.39 is 53.7 Å². The van der Waals surface area contributed by atoms with Gasteiger partial charge in [0, 0.05) is 23.1 Å². The molecule has 2 saturated heterocycles. The van der Waals surface area contributed by atoms with Crippen molar-refractivity contribution in [1.29, 1.82) is 0 Å². The number of methoxy groups -OCH3 is 1. The molecule has 3 aromatic rings. The maximum absolute atomic E-state index is 14.3. The Morgan fingerprint density at radius 2 is 1.66 bits per heavy atom. The van der Waals surface area contributed by atoms with Gasteiger partial charge in [0.15, 0.2) is 18.7 Å². The molecule has 5 rings (SSSR count). The average molecular weight is 689 g/mol. The lowest BCUT2D eigenvalue weighted by Crippen LogP contribution is -2.58. The molecule has 1 aromatic heterocycles. The van der Waals surface area contributed by atoms with Crippen molar-refractivity contribution in [3.05, 3.63) is 54.6 Å². The number of rotatable bonds is 6. The van der Waals surface area contributed by atoms with Crippen LogP contribution in [-0.4, -0.2) is 77.5 Å². The zero-order valence-corrected chi connectivity index (χ0v) is 29.3. The van der Waals surface area contributed by atoms with Crippen LogP contribution in [0.2, 0.25) is 0 Å². The van der Waals surface area contributed by atoms with E-state index >= 15 is 0 Å². The summed E-state index contributed by atoms with van der Waals surface area (Å²) in [6.45, 7) is 5.28. The van der Waals surface area contributed by atoms with Crippen molar-refractivity contribution in [3.63, 3.8) is 0 Å². The van der Waals surface area contributed by atoms with Gasteiger partial charge in [-0.1, -0.05) is 73.8 Å². The summed E-state index contributed by atoms with van der Waals surface area (Å²) in [5, 5.41) is 16.1. The number of hydrogen-bond donors (Lipinski definition) is 3. The van der Waals surface area contributed by atoms with Gasteiger partial charge in [-0.15, -0.1) is 0 Å². The number of benzene rings is 2. The van der Waals surface area contributed by atoms with Gasteiger partial charge in [-0.2, -0.15) is 0 Å². The number of carbonyl (C=O) groups excluding carboxylic acids is 3. The molecule has 0 spiro atoms. The first kappa shape index (κ1) is 36.6. The number of aliphatic carboxylic acids is 1. The molecule has 3 N–H and O–H groups in total. The fourth-order valence-electron chi connectivity index (χ4n) is 6.55. The molecule has 1 unspecified atom stereocenters. The Kier molecular flexibility index (Phi) is 11.9. The first-order valence-corrected chi connectivity index (χ1v) is 17.5. The number of nitrogens with zero attached hydrogens (tertiary/aromatic N) is 2. The molecule has 12 heteroatoms. The second-order valence-electron chi connectivity index (χ2n) is 14.0. The number of nitrogens with one attached hydrogen (secondary N) is 2. The number of fused-ring (bicyclic) bond motifs is 2. The van der Waals surface area contributed by atoms with Crippen molar-refractivity contribution in [2.75, 3.05) is 13.7 Å². The fourth-order valence-corrected chi connectivity index (χ4v) is 6.55. The number of hydrogen-bond acceptors (Lipinski definition) is 8. The molecule has 3 heterocycles. The Morgan fingerprint density at radius 1 is 0.960 bits per heavy atom.